The summed E-state index contributed by atoms with van der Waals surface area (Å²) in [6.07, 6.45) is 3.71. The minimum atomic E-state index is -0.509. The second-order valence-electron chi connectivity index (χ2n) is 3.24. The first kappa shape index (κ1) is 10.4. The number of hydrogen-bond acceptors (Lipinski definition) is 2. The van der Waals surface area contributed by atoms with Gasteiger partial charge < -0.3 is 5.32 Å². The summed E-state index contributed by atoms with van der Waals surface area (Å²) in [5.41, 5.74) is 2.64. The van der Waals surface area contributed by atoms with Crippen LogP contribution in [0.2, 0.25) is 0 Å². The summed E-state index contributed by atoms with van der Waals surface area (Å²) >= 11 is 0. The van der Waals surface area contributed by atoms with Gasteiger partial charge in [0.05, 0.1) is 6.42 Å². The summed E-state index contributed by atoms with van der Waals surface area (Å²) < 4.78 is 0. The molecule has 1 aliphatic heterocycles. The molecule has 0 bridgehead atoms. The second-order valence-corrected chi connectivity index (χ2v) is 3.24. The Hall–Kier alpha value is -1.64. The van der Waals surface area contributed by atoms with E-state index in [1.807, 2.05) is 19.9 Å². The van der Waals surface area contributed by atoms with Crippen molar-refractivity contribution in [3.8, 4) is 0 Å². The van der Waals surface area contributed by atoms with E-state index in [4.69, 9.17) is 0 Å². The maximum Gasteiger partial charge on any atom is 0.291 e. The van der Waals surface area contributed by atoms with Crippen LogP contribution in [0.15, 0.2) is 35.6 Å². The van der Waals surface area contributed by atoms with E-state index < -0.39 is 5.91 Å². The van der Waals surface area contributed by atoms with E-state index >= 15 is 0 Å². The van der Waals surface area contributed by atoms with Crippen molar-refractivity contribution in [2.45, 2.75) is 20.3 Å². The van der Waals surface area contributed by atoms with Crippen molar-refractivity contribution in [3.05, 3.63) is 35.6 Å². The van der Waals surface area contributed by atoms with Crippen LogP contribution in [0.5, 0.6) is 0 Å². The van der Waals surface area contributed by atoms with Crippen LogP contribution in [0, 0.1) is 0 Å². The average Bonchev–Trinajstić information content (AvgIpc) is 2.46. The SMILES string of the molecule is C=C/C=C(C)\C(C)=C1/CC(=O)C(=O)N1. The molecule has 1 fully saturated rings. The molecule has 1 rings (SSSR count). The van der Waals surface area contributed by atoms with Gasteiger partial charge in [-0.1, -0.05) is 18.7 Å². The number of rotatable bonds is 2. The Morgan fingerprint density at radius 2 is 2.07 bits per heavy atom. The van der Waals surface area contributed by atoms with Gasteiger partial charge in [0, 0.05) is 5.70 Å². The van der Waals surface area contributed by atoms with Crippen LogP contribution in [0.4, 0.5) is 0 Å². The van der Waals surface area contributed by atoms with Crippen molar-refractivity contribution in [3.63, 3.8) is 0 Å². The van der Waals surface area contributed by atoms with Gasteiger partial charge >= 0.3 is 0 Å². The number of ketones is 1. The van der Waals surface area contributed by atoms with Crippen LogP contribution in [0.25, 0.3) is 0 Å². The lowest BCUT2D eigenvalue weighted by atomic mass is 10.1. The Kier molecular flexibility index (Phi) is 3.02. The molecule has 0 aliphatic carbocycles. The van der Waals surface area contributed by atoms with Crippen LogP contribution >= 0.6 is 0 Å². The molecule has 3 nitrogen and oxygen atoms in total. The largest absolute Gasteiger partial charge is 0.322 e. The smallest absolute Gasteiger partial charge is 0.291 e. The highest BCUT2D eigenvalue weighted by Crippen LogP contribution is 2.18. The van der Waals surface area contributed by atoms with E-state index in [9.17, 15) is 9.59 Å². The third-order valence-corrected chi connectivity index (χ3v) is 2.27. The van der Waals surface area contributed by atoms with Crippen LogP contribution in [-0.4, -0.2) is 11.7 Å². The van der Waals surface area contributed by atoms with Crippen molar-refractivity contribution >= 4 is 11.7 Å². The normalized spacial score (nSPS) is 20.9. The first-order valence-corrected chi connectivity index (χ1v) is 4.40. The number of carbonyl (C=O) groups excluding carboxylic acids is 2. The van der Waals surface area contributed by atoms with Gasteiger partial charge in [-0.05, 0) is 25.0 Å². The molecule has 1 amide bonds. The molecule has 0 atom stereocenters. The lowest BCUT2D eigenvalue weighted by Crippen LogP contribution is -2.18. The number of Topliss-reactive ketones (excluding diaryl/α,β-unsaturated/α-hetero) is 1. The molecule has 1 heterocycles. The third kappa shape index (κ3) is 1.99. The molecule has 0 radical (unpaired) electrons. The Morgan fingerprint density at radius 3 is 2.50 bits per heavy atom. The fourth-order valence-electron chi connectivity index (χ4n) is 1.26. The molecule has 74 valence electrons. The molecule has 0 aromatic carbocycles. The number of allylic oxidation sites excluding steroid dienone is 5. The van der Waals surface area contributed by atoms with Crippen molar-refractivity contribution in [2.24, 2.45) is 0 Å². The van der Waals surface area contributed by atoms with Crippen LogP contribution < -0.4 is 5.32 Å². The summed E-state index contributed by atoms with van der Waals surface area (Å²) in [5.74, 6) is -0.878. The van der Waals surface area contributed by atoms with E-state index in [-0.39, 0.29) is 12.2 Å². The highest BCUT2D eigenvalue weighted by atomic mass is 16.2. The quantitative estimate of drug-likeness (QED) is 0.531. The molecule has 0 aromatic rings. The molecule has 1 N–H and O–H groups in total. The van der Waals surface area contributed by atoms with Crippen molar-refractivity contribution in [2.75, 3.05) is 0 Å². The summed E-state index contributed by atoms with van der Waals surface area (Å²) in [6, 6.07) is 0. The van der Waals surface area contributed by atoms with Gasteiger partial charge in [0.15, 0.2) is 0 Å². The van der Waals surface area contributed by atoms with Gasteiger partial charge in [-0.2, -0.15) is 0 Å². The molecule has 0 aromatic heterocycles. The van der Waals surface area contributed by atoms with Crippen molar-refractivity contribution in [1.82, 2.24) is 5.32 Å². The van der Waals surface area contributed by atoms with Crippen LogP contribution in [0.3, 0.4) is 0 Å². The first-order valence-electron chi connectivity index (χ1n) is 4.40. The average molecular weight is 191 g/mol. The van der Waals surface area contributed by atoms with Gasteiger partial charge in [0.1, 0.15) is 0 Å². The van der Waals surface area contributed by atoms with E-state index in [0.29, 0.717) is 5.70 Å². The summed E-state index contributed by atoms with van der Waals surface area (Å²) in [6.45, 7) is 7.38. The van der Waals surface area contributed by atoms with Gasteiger partial charge in [-0.25, -0.2) is 0 Å². The number of hydrogen-bond donors (Lipinski definition) is 1. The summed E-state index contributed by atoms with van der Waals surface area (Å²) in [4.78, 5) is 21.9. The molecule has 1 aliphatic rings. The van der Waals surface area contributed by atoms with E-state index in [2.05, 4.69) is 11.9 Å². The van der Waals surface area contributed by atoms with E-state index in [1.165, 1.54) is 0 Å². The molecule has 0 spiro atoms. The molecule has 0 saturated carbocycles. The highest BCUT2D eigenvalue weighted by molar-refractivity contribution is 6.39. The maximum absolute atomic E-state index is 11.0. The predicted molar refractivity (Wildman–Crippen MR) is 54.4 cm³/mol. The highest BCUT2D eigenvalue weighted by Gasteiger charge is 2.26. The van der Waals surface area contributed by atoms with Crippen molar-refractivity contribution in [1.29, 1.82) is 0 Å². The monoisotopic (exact) mass is 191 g/mol. The fourth-order valence-corrected chi connectivity index (χ4v) is 1.26. The topological polar surface area (TPSA) is 46.2 Å². The minimum absolute atomic E-state index is 0.187. The standard InChI is InChI=1S/C11H13NO2/c1-4-5-7(2)8(3)9-6-10(13)11(14)12-9/h4-5H,1,6H2,2-3H3,(H,12,14)/b7-5-,9-8+. The Morgan fingerprint density at radius 1 is 1.43 bits per heavy atom. The first-order chi connectivity index (χ1) is 6.56. The van der Waals surface area contributed by atoms with Crippen LogP contribution in [0.1, 0.15) is 20.3 Å². The summed E-state index contributed by atoms with van der Waals surface area (Å²) in [7, 11) is 0. The molecular formula is C11H13NO2. The zero-order valence-corrected chi connectivity index (χ0v) is 8.39. The molecule has 14 heavy (non-hydrogen) atoms. The van der Waals surface area contributed by atoms with Crippen LogP contribution in [-0.2, 0) is 9.59 Å². The van der Waals surface area contributed by atoms with Gasteiger partial charge in [0.2, 0.25) is 5.78 Å². The molecule has 3 heteroatoms. The Bertz CT molecular complexity index is 343. The third-order valence-electron chi connectivity index (χ3n) is 2.27. The predicted octanol–water partition coefficient (Wildman–Crippen LogP) is 1.48. The number of amides is 1. The summed E-state index contributed by atoms with van der Waals surface area (Å²) in [5, 5.41) is 2.56. The van der Waals surface area contributed by atoms with E-state index in [1.54, 1.807) is 6.08 Å². The van der Waals surface area contributed by atoms with Gasteiger partial charge in [-0.3, -0.25) is 9.59 Å². The Labute approximate surface area is 83.2 Å². The Balaban J connectivity index is 2.97. The second kappa shape index (κ2) is 4.05. The lowest BCUT2D eigenvalue weighted by Gasteiger charge is -2.04. The minimum Gasteiger partial charge on any atom is -0.322 e. The van der Waals surface area contributed by atoms with Gasteiger partial charge in [-0.15, -0.1) is 0 Å². The van der Waals surface area contributed by atoms with Crippen molar-refractivity contribution < 1.29 is 9.59 Å². The van der Waals surface area contributed by atoms with Gasteiger partial charge in [0.25, 0.3) is 5.91 Å². The maximum atomic E-state index is 11.0. The lowest BCUT2D eigenvalue weighted by molar-refractivity contribution is -0.135. The van der Waals surface area contributed by atoms with E-state index in [0.717, 1.165) is 11.1 Å². The fraction of sp³-hybridized carbons (Fsp3) is 0.273. The number of nitrogens with one attached hydrogen (secondary N) is 1. The molecular weight excluding hydrogens is 178 g/mol. The zero-order valence-electron chi connectivity index (χ0n) is 8.39. The molecule has 1 saturated heterocycles. The zero-order chi connectivity index (χ0) is 10.7. The number of carbonyl (C=O) groups is 2. The molecule has 0 unspecified atom stereocenters.